The topological polar surface area (TPSA) is 59.1 Å². The first kappa shape index (κ1) is 14.8. The number of carbonyl (C=O) groups excluding carboxylic acids is 2. The second-order valence-corrected chi connectivity index (χ2v) is 5.91. The minimum absolute atomic E-state index is 0.107. The Kier molecular flexibility index (Phi) is 3.56. The van der Waals surface area contributed by atoms with Crippen LogP contribution < -0.4 is 5.06 Å². The van der Waals surface area contributed by atoms with Gasteiger partial charge in [-0.15, -0.1) is 0 Å². The highest BCUT2D eigenvalue weighted by atomic mass is 16.7. The molecule has 0 atom stereocenters. The van der Waals surface area contributed by atoms with Crippen LogP contribution in [0.25, 0.3) is 0 Å². The zero-order chi connectivity index (χ0) is 15.9. The highest BCUT2D eigenvalue weighted by Crippen LogP contribution is 2.47. The maximum absolute atomic E-state index is 12.8. The van der Waals surface area contributed by atoms with E-state index < -0.39 is 5.41 Å². The molecule has 0 saturated carbocycles. The van der Waals surface area contributed by atoms with Gasteiger partial charge in [0.1, 0.15) is 5.41 Å². The minimum atomic E-state index is -0.693. The van der Waals surface area contributed by atoms with Crippen LogP contribution in [0.1, 0.15) is 26.3 Å². The molecule has 0 unspecified atom stereocenters. The van der Waals surface area contributed by atoms with Crippen molar-refractivity contribution in [3.63, 3.8) is 0 Å². The van der Waals surface area contributed by atoms with Gasteiger partial charge in [0.15, 0.2) is 0 Å². The first-order valence-electron chi connectivity index (χ1n) is 7.52. The molecule has 6 heteroatoms. The van der Waals surface area contributed by atoms with Crippen LogP contribution in [0, 0.1) is 0 Å². The summed E-state index contributed by atoms with van der Waals surface area (Å²) in [5.74, 6) is -0.107. The Morgan fingerprint density at radius 3 is 2.64 bits per heavy atom. The van der Waals surface area contributed by atoms with Crippen molar-refractivity contribution in [2.75, 3.05) is 24.8 Å². The van der Waals surface area contributed by atoms with E-state index in [2.05, 4.69) is 0 Å². The number of fused-ring (bicyclic) bond motifs is 2. The molecule has 0 radical (unpaired) electrons. The molecule has 0 aliphatic carbocycles. The number of ether oxygens (including phenoxy) is 1. The molecule has 2 amide bonds. The zero-order valence-electron chi connectivity index (χ0n) is 13.0. The van der Waals surface area contributed by atoms with Crippen molar-refractivity contribution in [1.29, 1.82) is 0 Å². The molecule has 1 aromatic rings. The Morgan fingerprint density at radius 1 is 1.32 bits per heavy atom. The van der Waals surface area contributed by atoms with Crippen LogP contribution in [0.3, 0.4) is 0 Å². The minimum Gasteiger partial charge on any atom is -0.447 e. The number of hydrogen-bond donors (Lipinski definition) is 0. The Hall–Kier alpha value is -2.08. The molecule has 0 N–H and O–H groups in total. The lowest BCUT2D eigenvalue weighted by atomic mass is 9.75. The van der Waals surface area contributed by atoms with E-state index in [0.29, 0.717) is 19.7 Å². The van der Waals surface area contributed by atoms with Crippen LogP contribution in [0.4, 0.5) is 10.5 Å². The number of hydroxylamine groups is 1. The van der Waals surface area contributed by atoms with Crippen molar-refractivity contribution in [1.82, 2.24) is 4.90 Å². The number of hydrogen-bond acceptors (Lipinski definition) is 4. The lowest BCUT2D eigenvalue weighted by molar-refractivity contribution is -0.135. The smallest absolute Gasteiger partial charge is 0.410 e. The van der Waals surface area contributed by atoms with Crippen molar-refractivity contribution in [2.24, 2.45) is 0 Å². The molecule has 1 aromatic carbocycles. The summed E-state index contributed by atoms with van der Waals surface area (Å²) in [7, 11) is 0. The van der Waals surface area contributed by atoms with Crippen molar-refractivity contribution in [3.05, 3.63) is 29.8 Å². The lowest BCUT2D eigenvalue weighted by Gasteiger charge is -2.45. The molecule has 22 heavy (non-hydrogen) atoms. The largest absolute Gasteiger partial charge is 0.447 e. The summed E-state index contributed by atoms with van der Waals surface area (Å²) in [5, 5.41) is 1.36. The van der Waals surface area contributed by atoms with E-state index in [1.807, 2.05) is 31.2 Å². The lowest BCUT2D eigenvalue weighted by Crippen LogP contribution is -2.65. The highest BCUT2D eigenvalue weighted by Gasteiger charge is 2.60. The maximum Gasteiger partial charge on any atom is 0.410 e. The van der Waals surface area contributed by atoms with Gasteiger partial charge in [0, 0.05) is 13.1 Å². The standard InChI is InChI=1S/C16H20N2O4/c1-4-21-18-13-8-6-5-7-12(13)16(14(18)19)9-17(10-16)15(20)22-11(2)3/h5-8,11H,4,9-10H2,1-3H3. The Morgan fingerprint density at radius 2 is 2.00 bits per heavy atom. The van der Waals surface area contributed by atoms with E-state index in [1.165, 1.54) is 5.06 Å². The van der Waals surface area contributed by atoms with Gasteiger partial charge in [-0.25, -0.2) is 4.79 Å². The second-order valence-electron chi connectivity index (χ2n) is 5.91. The van der Waals surface area contributed by atoms with E-state index >= 15 is 0 Å². The summed E-state index contributed by atoms with van der Waals surface area (Å²) in [6.45, 7) is 6.53. The van der Waals surface area contributed by atoms with Gasteiger partial charge in [-0.05, 0) is 32.4 Å². The normalized spacial score (nSPS) is 18.6. The van der Waals surface area contributed by atoms with Crippen molar-refractivity contribution in [2.45, 2.75) is 32.3 Å². The van der Waals surface area contributed by atoms with Crippen LogP contribution in [0.5, 0.6) is 0 Å². The van der Waals surface area contributed by atoms with Crippen LogP contribution >= 0.6 is 0 Å². The van der Waals surface area contributed by atoms with Gasteiger partial charge >= 0.3 is 6.09 Å². The van der Waals surface area contributed by atoms with Gasteiger partial charge in [-0.1, -0.05) is 18.2 Å². The van der Waals surface area contributed by atoms with Crippen molar-refractivity contribution >= 4 is 17.7 Å². The van der Waals surface area contributed by atoms with Crippen molar-refractivity contribution < 1.29 is 19.2 Å². The Bertz CT molecular complexity index is 608. The quantitative estimate of drug-likeness (QED) is 0.858. The highest BCUT2D eigenvalue weighted by molar-refractivity contribution is 6.08. The molecule has 2 aliphatic heterocycles. The summed E-state index contributed by atoms with van der Waals surface area (Å²) in [4.78, 5) is 31.8. The fraction of sp³-hybridized carbons (Fsp3) is 0.500. The van der Waals surface area contributed by atoms with Gasteiger partial charge < -0.3 is 9.64 Å². The third kappa shape index (κ3) is 2.06. The summed E-state index contributed by atoms with van der Waals surface area (Å²) < 4.78 is 5.19. The number of carbonyl (C=O) groups is 2. The monoisotopic (exact) mass is 304 g/mol. The predicted molar refractivity (Wildman–Crippen MR) is 80.4 cm³/mol. The summed E-state index contributed by atoms with van der Waals surface area (Å²) in [5.41, 5.74) is 0.996. The first-order valence-corrected chi connectivity index (χ1v) is 7.52. The molecule has 0 aromatic heterocycles. The molecule has 1 spiro atoms. The molecule has 1 fully saturated rings. The molecule has 2 aliphatic rings. The van der Waals surface area contributed by atoms with Gasteiger partial charge in [-0.3, -0.25) is 9.63 Å². The fourth-order valence-electron chi connectivity index (χ4n) is 3.05. The number of benzene rings is 1. The number of anilines is 1. The summed E-state index contributed by atoms with van der Waals surface area (Å²) >= 11 is 0. The number of amides is 2. The fourth-order valence-corrected chi connectivity index (χ4v) is 3.05. The number of likely N-dealkylation sites (tertiary alicyclic amines) is 1. The molecule has 0 bridgehead atoms. The summed E-state index contributed by atoms with van der Waals surface area (Å²) in [6, 6.07) is 7.57. The molecular formula is C16H20N2O4. The Labute approximate surface area is 129 Å². The third-order valence-corrected chi connectivity index (χ3v) is 4.01. The second kappa shape index (κ2) is 5.28. The molecule has 6 nitrogen and oxygen atoms in total. The summed E-state index contributed by atoms with van der Waals surface area (Å²) in [6.07, 6.45) is -0.545. The SMILES string of the molecule is CCON1C(=O)C2(CN(C(=O)OC(C)C)C2)c2ccccc21. The van der Waals surface area contributed by atoms with Gasteiger partial charge in [0.2, 0.25) is 0 Å². The van der Waals surface area contributed by atoms with Gasteiger partial charge in [0.25, 0.3) is 5.91 Å². The first-order chi connectivity index (χ1) is 10.5. The van der Waals surface area contributed by atoms with E-state index in [4.69, 9.17) is 9.57 Å². The average Bonchev–Trinajstić information content (AvgIpc) is 2.67. The molecule has 118 valence electrons. The molecule has 1 saturated heterocycles. The van der Waals surface area contributed by atoms with E-state index in [0.717, 1.165) is 11.3 Å². The maximum atomic E-state index is 12.8. The van der Waals surface area contributed by atoms with Crippen LogP contribution in [0.15, 0.2) is 24.3 Å². The van der Waals surface area contributed by atoms with Gasteiger partial charge in [0.05, 0.1) is 18.4 Å². The van der Waals surface area contributed by atoms with Crippen LogP contribution in [-0.4, -0.2) is 42.7 Å². The van der Waals surface area contributed by atoms with Crippen LogP contribution in [0.2, 0.25) is 0 Å². The van der Waals surface area contributed by atoms with Gasteiger partial charge in [-0.2, -0.15) is 5.06 Å². The number of nitrogens with zero attached hydrogens (tertiary/aromatic N) is 2. The van der Waals surface area contributed by atoms with E-state index in [1.54, 1.807) is 18.7 Å². The van der Waals surface area contributed by atoms with Crippen molar-refractivity contribution in [3.8, 4) is 0 Å². The zero-order valence-corrected chi connectivity index (χ0v) is 13.0. The predicted octanol–water partition coefficient (Wildman–Crippen LogP) is 2.08. The molecule has 2 heterocycles. The molecular weight excluding hydrogens is 284 g/mol. The molecule has 3 rings (SSSR count). The average molecular weight is 304 g/mol. The number of para-hydroxylation sites is 1. The van der Waals surface area contributed by atoms with E-state index in [-0.39, 0.29) is 18.1 Å². The Balaban J connectivity index is 1.84. The third-order valence-electron chi connectivity index (χ3n) is 4.01. The number of rotatable bonds is 3. The van der Waals surface area contributed by atoms with Crippen LogP contribution in [-0.2, 0) is 19.8 Å². The van der Waals surface area contributed by atoms with E-state index in [9.17, 15) is 9.59 Å².